The number of aliphatic imine (C=N–C) groups is 2. The smallest absolute Gasteiger partial charge is 0.741 e. The van der Waals surface area contributed by atoms with E-state index in [0.717, 1.165) is 34.2 Å². The van der Waals surface area contributed by atoms with Crippen LogP contribution in [0, 0.1) is 10.2 Å². The van der Waals surface area contributed by atoms with E-state index in [2.05, 4.69) is 41.0 Å². The Labute approximate surface area is 278 Å². The van der Waals surface area contributed by atoms with Crippen LogP contribution in [0.3, 0.4) is 0 Å². The zero-order valence-electron chi connectivity index (χ0n) is 23.3. The summed E-state index contributed by atoms with van der Waals surface area (Å²) >= 11 is 10.2. The Bertz CT molecular complexity index is 1380. The number of para-hydroxylation sites is 2. The summed E-state index contributed by atoms with van der Waals surface area (Å²) in [5.74, 6) is 0. The van der Waals surface area contributed by atoms with Gasteiger partial charge in [-0.3, -0.25) is 30.8 Å². The van der Waals surface area contributed by atoms with Gasteiger partial charge in [-0.1, -0.05) is 48.5 Å². The van der Waals surface area contributed by atoms with Crippen molar-refractivity contribution >= 4 is 58.4 Å². The van der Waals surface area contributed by atoms with E-state index in [1.54, 1.807) is 12.4 Å². The van der Waals surface area contributed by atoms with Crippen molar-refractivity contribution in [2.75, 3.05) is 0 Å². The van der Waals surface area contributed by atoms with Crippen molar-refractivity contribution in [3.8, 4) is 0 Å². The number of benzene rings is 2. The first kappa shape index (κ1) is 38.1. The maximum Gasteiger partial charge on any atom is 3.00 e. The van der Waals surface area contributed by atoms with E-state index < -0.39 is 10.2 Å². The predicted octanol–water partition coefficient (Wildman–Crippen LogP) is 0.501. The second-order valence-electron chi connectivity index (χ2n) is 7.93. The summed E-state index contributed by atoms with van der Waals surface area (Å²) in [5.41, 5.74) is 10.2. The largest absolute Gasteiger partial charge is 3.00 e. The molecule has 0 aliphatic carbocycles. The molecule has 0 unspecified atom stereocenters. The SMILES string of the molecule is C/C(=N\NC([S-])=Nc1ccccc1)c1ccccn1.C/C(=N\NC([S-])=Nc1ccccc1)c1ccccn1.[Fe+3].[O-][Cl+3]([O-])([O-])[O-]. The quantitative estimate of drug-likeness (QED) is 0.0945. The maximum atomic E-state index is 8.49. The van der Waals surface area contributed by atoms with Crippen molar-refractivity contribution in [3.63, 3.8) is 0 Å². The minimum absolute atomic E-state index is 0. The number of rotatable bonds is 6. The molecule has 0 saturated carbocycles. The maximum absolute atomic E-state index is 8.49. The summed E-state index contributed by atoms with van der Waals surface area (Å²) in [5, 5.41) is 8.96. The average molecular weight is 694 g/mol. The molecule has 44 heavy (non-hydrogen) atoms. The summed E-state index contributed by atoms with van der Waals surface area (Å²) in [7, 11) is -4.94. The summed E-state index contributed by atoms with van der Waals surface area (Å²) in [6.45, 7) is 3.72. The number of halogens is 1. The monoisotopic (exact) mass is 693 g/mol. The first-order valence-electron chi connectivity index (χ1n) is 12.2. The molecule has 4 aromatic rings. The fourth-order valence-electron chi connectivity index (χ4n) is 2.82. The summed E-state index contributed by atoms with van der Waals surface area (Å²) < 4.78 is 34.0. The van der Waals surface area contributed by atoms with Crippen LogP contribution >= 0.6 is 0 Å². The number of hydrogen-bond acceptors (Lipinski definition) is 12. The first-order valence-corrected chi connectivity index (χ1v) is 14.2. The Morgan fingerprint density at radius 2 is 0.909 bits per heavy atom. The molecule has 0 saturated heterocycles. The van der Waals surface area contributed by atoms with Crippen LogP contribution in [0.15, 0.2) is 130 Å². The molecule has 0 amide bonds. The van der Waals surface area contributed by atoms with Crippen molar-refractivity contribution in [2.24, 2.45) is 20.2 Å². The fraction of sp³-hybridized carbons (Fsp3) is 0.0714. The Kier molecular flexibility index (Phi) is 18.1. The van der Waals surface area contributed by atoms with Gasteiger partial charge in [0, 0.05) is 22.7 Å². The van der Waals surface area contributed by atoms with E-state index in [1.165, 1.54) is 0 Å². The topological polar surface area (TPSA) is 192 Å². The normalized spacial score (nSPS) is 12.0. The van der Waals surface area contributed by atoms with E-state index in [1.807, 2.05) is 111 Å². The number of aromatic nitrogens is 2. The molecule has 2 aromatic heterocycles. The fourth-order valence-corrected chi connectivity index (χ4v) is 3.12. The molecule has 1 radical (unpaired) electrons. The molecule has 229 valence electrons. The van der Waals surface area contributed by atoms with Crippen molar-refractivity contribution in [2.45, 2.75) is 13.8 Å². The Hall–Kier alpha value is -3.89. The van der Waals surface area contributed by atoms with Gasteiger partial charge in [0.05, 0.1) is 34.2 Å². The van der Waals surface area contributed by atoms with Gasteiger partial charge >= 0.3 is 17.1 Å². The zero-order valence-corrected chi connectivity index (χ0v) is 26.7. The molecular formula is C28H26ClFeN8O4S2. The van der Waals surface area contributed by atoms with Crippen LogP contribution in [0.1, 0.15) is 25.2 Å². The van der Waals surface area contributed by atoms with Crippen molar-refractivity contribution in [1.29, 1.82) is 0 Å². The Balaban J connectivity index is 0.000000375. The summed E-state index contributed by atoms with van der Waals surface area (Å²) in [4.78, 5) is 16.8. The van der Waals surface area contributed by atoms with E-state index in [4.69, 9.17) is 43.9 Å². The molecule has 0 spiro atoms. The van der Waals surface area contributed by atoms with Gasteiger partial charge in [-0.25, -0.2) is 18.6 Å². The van der Waals surface area contributed by atoms with Gasteiger partial charge in [0.1, 0.15) is 0 Å². The molecule has 2 aromatic carbocycles. The molecular weight excluding hydrogens is 668 g/mol. The molecule has 2 heterocycles. The average Bonchev–Trinajstić information content (AvgIpc) is 3.00. The van der Waals surface area contributed by atoms with Crippen molar-refractivity contribution in [1.82, 2.24) is 20.8 Å². The van der Waals surface area contributed by atoms with Crippen LogP contribution in [0.2, 0.25) is 0 Å². The minimum Gasteiger partial charge on any atom is -0.741 e. The third-order valence-electron chi connectivity index (χ3n) is 4.68. The van der Waals surface area contributed by atoms with Gasteiger partial charge in [-0.15, -0.1) is 10.2 Å². The van der Waals surface area contributed by atoms with Gasteiger partial charge in [0.2, 0.25) is 0 Å². The van der Waals surface area contributed by atoms with E-state index >= 15 is 0 Å². The number of nitrogens with one attached hydrogen (secondary N) is 2. The number of nitrogens with zero attached hydrogens (tertiary/aromatic N) is 6. The minimum atomic E-state index is -4.94. The standard InChI is InChI=1S/2C14H14N4S.ClHO4.Fe/c2*1-11(13-9-5-6-10-15-13)17-18-14(19)16-12-7-3-2-4-8-12;2-1(3,4)5;/h2*2-10H,1H3,(H2,16,18,19);(H,2,3,4,5);/q;;;+3/p-3/b2*17-11+;;. The van der Waals surface area contributed by atoms with Gasteiger partial charge in [0.15, 0.2) is 0 Å². The number of pyridine rings is 2. The van der Waals surface area contributed by atoms with Gasteiger partial charge in [-0.05, 0) is 62.4 Å². The molecule has 2 N–H and O–H groups in total. The molecule has 0 atom stereocenters. The third-order valence-corrected chi connectivity index (χ3v) is 5.05. The predicted molar refractivity (Wildman–Crippen MR) is 161 cm³/mol. The molecule has 0 aliphatic heterocycles. The van der Waals surface area contributed by atoms with Gasteiger partial charge in [0.25, 0.3) is 0 Å². The molecule has 16 heteroatoms. The number of hydrazone groups is 2. The Morgan fingerprint density at radius 1 is 0.591 bits per heavy atom. The second-order valence-corrected chi connectivity index (χ2v) is 9.46. The van der Waals surface area contributed by atoms with E-state index in [-0.39, 0.29) is 17.1 Å². The molecule has 0 aliphatic rings. The molecule has 4 rings (SSSR count). The van der Waals surface area contributed by atoms with Gasteiger partial charge < -0.3 is 25.3 Å². The molecule has 0 bridgehead atoms. The molecule has 0 fully saturated rings. The van der Waals surface area contributed by atoms with Crippen LogP contribution in [0.25, 0.3) is 0 Å². The van der Waals surface area contributed by atoms with Gasteiger partial charge in [-0.2, -0.15) is 10.2 Å². The summed E-state index contributed by atoms with van der Waals surface area (Å²) in [6.07, 6.45) is 3.45. The molecule has 12 nitrogen and oxygen atoms in total. The zero-order chi connectivity index (χ0) is 31.5. The van der Waals surface area contributed by atoms with Crippen LogP contribution in [-0.4, -0.2) is 31.7 Å². The van der Waals surface area contributed by atoms with Crippen LogP contribution in [0.5, 0.6) is 0 Å². The van der Waals surface area contributed by atoms with E-state index in [9.17, 15) is 0 Å². The van der Waals surface area contributed by atoms with Crippen LogP contribution in [0.4, 0.5) is 11.4 Å². The number of amidine groups is 2. The van der Waals surface area contributed by atoms with Crippen LogP contribution in [-0.2, 0) is 42.3 Å². The Morgan fingerprint density at radius 3 is 1.20 bits per heavy atom. The third kappa shape index (κ3) is 17.9. The van der Waals surface area contributed by atoms with E-state index in [0.29, 0.717) is 10.3 Å². The van der Waals surface area contributed by atoms with Crippen LogP contribution < -0.4 is 29.5 Å². The second kappa shape index (κ2) is 20.9. The first-order chi connectivity index (χ1) is 20.5. The van der Waals surface area contributed by atoms with Crippen molar-refractivity contribution in [3.05, 3.63) is 121 Å². The summed E-state index contributed by atoms with van der Waals surface area (Å²) in [6, 6.07) is 30.3. The van der Waals surface area contributed by atoms with Crippen molar-refractivity contribution < 1.29 is 45.9 Å². The number of hydrogen-bond donors (Lipinski definition) is 2.